The fourth-order valence-electron chi connectivity index (χ4n) is 1.46. The lowest BCUT2D eigenvalue weighted by Gasteiger charge is -2.09. The molecule has 1 aromatic rings. The number of hydrogen-bond acceptors (Lipinski definition) is 3. The summed E-state index contributed by atoms with van der Waals surface area (Å²) >= 11 is 0. The fraction of sp³-hybridized carbons (Fsp3) is 0.692. The van der Waals surface area contributed by atoms with Gasteiger partial charge in [-0.15, -0.1) is 0 Å². The summed E-state index contributed by atoms with van der Waals surface area (Å²) < 4.78 is 5.25. The monoisotopic (exact) mass is 252 g/mol. The van der Waals surface area contributed by atoms with E-state index in [-0.39, 0.29) is 0 Å². The topological polar surface area (TPSA) is 62.5 Å². The van der Waals surface area contributed by atoms with Crippen molar-refractivity contribution in [1.29, 1.82) is 0 Å². The minimum Gasteiger partial charge on any atom is -0.359 e. The van der Waals surface area contributed by atoms with Crippen molar-refractivity contribution in [3.63, 3.8) is 0 Å². The van der Waals surface area contributed by atoms with Crippen LogP contribution >= 0.6 is 0 Å². The van der Waals surface area contributed by atoms with Gasteiger partial charge in [-0.05, 0) is 12.3 Å². The summed E-state index contributed by atoms with van der Waals surface area (Å²) in [6, 6.07) is 1.98. The number of rotatable bonds is 6. The smallest absolute Gasteiger partial charge is 0.191 e. The Kier molecular flexibility index (Phi) is 6.25. The van der Waals surface area contributed by atoms with E-state index in [1.165, 1.54) is 6.42 Å². The fourth-order valence-corrected chi connectivity index (χ4v) is 1.46. The second-order valence-electron chi connectivity index (χ2n) is 4.58. The first-order chi connectivity index (χ1) is 8.67. The summed E-state index contributed by atoms with van der Waals surface area (Å²) in [7, 11) is 1.77. The van der Waals surface area contributed by atoms with Crippen molar-refractivity contribution in [2.45, 2.75) is 46.1 Å². The quantitative estimate of drug-likeness (QED) is 0.463. The molecule has 0 saturated carbocycles. The molecule has 5 heteroatoms. The molecule has 5 nitrogen and oxygen atoms in total. The van der Waals surface area contributed by atoms with E-state index < -0.39 is 0 Å². The SMILES string of the molecule is CCCCNC(=NC)NCc1cc(C(C)C)no1. The average molecular weight is 252 g/mol. The number of unbranched alkanes of at least 4 members (excludes halogenated alkanes) is 1. The van der Waals surface area contributed by atoms with E-state index in [4.69, 9.17) is 4.52 Å². The van der Waals surface area contributed by atoms with Crippen LogP contribution in [0.3, 0.4) is 0 Å². The summed E-state index contributed by atoms with van der Waals surface area (Å²) in [4.78, 5) is 4.15. The van der Waals surface area contributed by atoms with E-state index in [1.54, 1.807) is 7.05 Å². The van der Waals surface area contributed by atoms with Crippen molar-refractivity contribution >= 4 is 5.96 Å². The first kappa shape index (κ1) is 14.5. The number of aromatic nitrogens is 1. The van der Waals surface area contributed by atoms with E-state index in [0.29, 0.717) is 12.5 Å². The lowest BCUT2D eigenvalue weighted by atomic mass is 10.1. The van der Waals surface area contributed by atoms with E-state index in [0.717, 1.165) is 30.4 Å². The highest BCUT2D eigenvalue weighted by Crippen LogP contribution is 2.13. The number of nitrogens with zero attached hydrogens (tertiary/aromatic N) is 2. The van der Waals surface area contributed by atoms with Crippen molar-refractivity contribution in [2.24, 2.45) is 4.99 Å². The Labute approximate surface area is 109 Å². The number of aliphatic imine (C=N–C) groups is 1. The second-order valence-corrected chi connectivity index (χ2v) is 4.58. The molecule has 0 aliphatic rings. The van der Waals surface area contributed by atoms with Gasteiger partial charge in [-0.1, -0.05) is 32.3 Å². The molecular formula is C13H24N4O. The maximum absolute atomic E-state index is 5.25. The van der Waals surface area contributed by atoms with Gasteiger partial charge in [0.05, 0.1) is 12.2 Å². The second kappa shape index (κ2) is 7.74. The summed E-state index contributed by atoms with van der Waals surface area (Å²) in [5, 5.41) is 10.5. The number of guanidine groups is 1. The van der Waals surface area contributed by atoms with E-state index in [2.05, 4.69) is 41.6 Å². The molecule has 102 valence electrons. The molecule has 1 rings (SSSR count). The number of hydrogen-bond donors (Lipinski definition) is 2. The molecule has 0 aliphatic heterocycles. The highest BCUT2D eigenvalue weighted by Gasteiger charge is 2.07. The Balaban J connectivity index is 2.37. The van der Waals surface area contributed by atoms with E-state index >= 15 is 0 Å². The molecule has 0 aromatic carbocycles. The van der Waals surface area contributed by atoms with Crippen LogP contribution in [0.4, 0.5) is 0 Å². The Bertz CT molecular complexity index is 371. The summed E-state index contributed by atoms with van der Waals surface area (Å²) in [6.45, 7) is 7.90. The van der Waals surface area contributed by atoms with Crippen LogP contribution < -0.4 is 10.6 Å². The molecule has 0 unspecified atom stereocenters. The van der Waals surface area contributed by atoms with Gasteiger partial charge >= 0.3 is 0 Å². The lowest BCUT2D eigenvalue weighted by molar-refractivity contribution is 0.372. The minimum absolute atomic E-state index is 0.393. The van der Waals surface area contributed by atoms with Crippen molar-refractivity contribution < 1.29 is 4.52 Å². The maximum atomic E-state index is 5.25. The molecule has 0 bridgehead atoms. The van der Waals surface area contributed by atoms with Gasteiger partial charge in [0, 0.05) is 19.7 Å². The van der Waals surface area contributed by atoms with Crippen LogP contribution in [0.1, 0.15) is 51.0 Å². The molecule has 0 saturated heterocycles. The Morgan fingerprint density at radius 3 is 2.78 bits per heavy atom. The molecule has 0 aliphatic carbocycles. The molecule has 2 N–H and O–H groups in total. The first-order valence-electron chi connectivity index (χ1n) is 6.57. The predicted octanol–water partition coefficient (Wildman–Crippen LogP) is 2.26. The van der Waals surface area contributed by atoms with Crippen molar-refractivity contribution in [2.75, 3.05) is 13.6 Å². The van der Waals surface area contributed by atoms with Crippen LogP contribution in [0.2, 0.25) is 0 Å². The maximum Gasteiger partial charge on any atom is 0.191 e. The van der Waals surface area contributed by atoms with Crippen molar-refractivity contribution in [1.82, 2.24) is 15.8 Å². The zero-order chi connectivity index (χ0) is 13.4. The normalized spacial score (nSPS) is 11.9. The van der Waals surface area contributed by atoms with Crippen LogP contribution in [0, 0.1) is 0 Å². The Morgan fingerprint density at radius 1 is 1.44 bits per heavy atom. The van der Waals surface area contributed by atoms with Gasteiger partial charge in [0.2, 0.25) is 0 Å². The third kappa shape index (κ3) is 4.77. The number of nitrogens with one attached hydrogen (secondary N) is 2. The van der Waals surface area contributed by atoms with Crippen LogP contribution in [0.5, 0.6) is 0 Å². The van der Waals surface area contributed by atoms with Crippen LogP contribution in [-0.2, 0) is 6.54 Å². The predicted molar refractivity (Wildman–Crippen MR) is 73.7 cm³/mol. The van der Waals surface area contributed by atoms with Gasteiger partial charge in [0.25, 0.3) is 0 Å². The molecule has 18 heavy (non-hydrogen) atoms. The zero-order valence-electron chi connectivity index (χ0n) is 11.8. The zero-order valence-corrected chi connectivity index (χ0v) is 11.8. The molecule has 1 aromatic heterocycles. The molecule has 1 heterocycles. The molecule has 0 spiro atoms. The third-order valence-electron chi connectivity index (χ3n) is 2.65. The Morgan fingerprint density at radius 2 is 2.22 bits per heavy atom. The minimum atomic E-state index is 0.393. The van der Waals surface area contributed by atoms with Crippen LogP contribution in [-0.4, -0.2) is 24.7 Å². The van der Waals surface area contributed by atoms with Gasteiger partial charge in [0.15, 0.2) is 11.7 Å². The van der Waals surface area contributed by atoms with Gasteiger partial charge in [0.1, 0.15) is 0 Å². The van der Waals surface area contributed by atoms with Gasteiger partial charge in [-0.25, -0.2) is 0 Å². The molecule has 0 atom stereocenters. The van der Waals surface area contributed by atoms with Gasteiger partial charge in [-0.2, -0.15) is 0 Å². The largest absolute Gasteiger partial charge is 0.359 e. The van der Waals surface area contributed by atoms with Crippen molar-refractivity contribution in [3.05, 3.63) is 17.5 Å². The summed E-state index contributed by atoms with van der Waals surface area (Å²) in [6.07, 6.45) is 2.31. The summed E-state index contributed by atoms with van der Waals surface area (Å²) in [5.74, 6) is 2.02. The highest BCUT2D eigenvalue weighted by molar-refractivity contribution is 5.79. The van der Waals surface area contributed by atoms with E-state index in [1.807, 2.05) is 6.07 Å². The van der Waals surface area contributed by atoms with Gasteiger partial charge in [-0.3, -0.25) is 4.99 Å². The summed E-state index contributed by atoms with van der Waals surface area (Å²) in [5.41, 5.74) is 0.987. The molecule has 0 amide bonds. The molecular weight excluding hydrogens is 228 g/mol. The highest BCUT2D eigenvalue weighted by atomic mass is 16.5. The van der Waals surface area contributed by atoms with Gasteiger partial charge < -0.3 is 15.2 Å². The third-order valence-corrected chi connectivity index (χ3v) is 2.65. The first-order valence-corrected chi connectivity index (χ1v) is 6.57. The van der Waals surface area contributed by atoms with E-state index in [9.17, 15) is 0 Å². The Hall–Kier alpha value is -1.52. The molecule has 0 radical (unpaired) electrons. The van der Waals surface area contributed by atoms with Crippen LogP contribution in [0.15, 0.2) is 15.6 Å². The average Bonchev–Trinajstić information content (AvgIpc) is 2.82. The molecule has 0 fully saturated rings. The van der Waals surface area contributed by atoms with Crippen LogP contribution in [0.25, 0.3) is 0 Å². The lowest BCUT2D eigenvalue weighted by Crippen LogP contribution is -2.37. The standard InChI is InChI=1S/C13H24N4O/c1-5-6-7-15-13(14-4)16-9-11-8-12(10(2)3)17-18-11/h8,10H,5-7,9H2,1-4H3,(H2,14,15,16). The van der Waals surface area contributed by atoms with Crippen molar-refractivity contribution in [3.8, 4) is 0 Å².